The first-order valence-electron chi connectivity index (χ1n) is 9.13. The highest BCUT2D eigenvalue weighted by Crippen LogP contribution is 2.23. The van der Waals surface area contributed by atoms with E-state index in [1.165, 1.54) is 22.4 Å². The fraction of sp³-hybridized carbons (Fsp3) is 0.0952. The number of benzene rings is 2. The van der Waals surface area contributed by atoms with Crippen molar-refractivity contribution in [1.29, 1.82) is 5.26 Å². The molecule has 31 heavy (non-hydrogen) atoms. The normalized spacial score (nSPS) is 10.8. The SMILES string of the molecule is C=CCn1c(=O)c2ccccc2n2c(SCC(=O)Nc3cc(Cl)ccc3C#N)nnc12. The van der Waals surface area contributed by atoms with Crippen molar-refractivity contribution in [1.82, 2.24) is 19.2 Å². The topological polar surface area (TPSA) is 105 Å². The number of carbonyl (C=O) groups excluding carboxylic acids is 1. The molecule has 0 saturated carbocycles. The zero-order valence-electron chi connectivity index (χ0n) is 16.1. The number of hydrogen-bond acceptors (Lipinski definition) is 6. The Hall–Kier alpha value is -3.61. The number of carbonyl (C=O) groups is 1. The largest absolute Gasteiger partial charge is 0.324 e. The number of anilines is 1. The summed E-state index contributed by atoms with van der Waals surface area (Å²) in [4.78, 5) is 25.3. The van der Waals surface area contributed by atoms with Gasteiger partial charge in [0.05, 0.1) is 27.9 Å². The van der Waals surface area contributed by atoms with Crippen LogP contribution in [0.3, 0.4) is 0 Å². The van der Waals surface area contributed by atoms with Gasteiger partial charge in [0.25, 0.3) is 5.56 Å². The Morgan fingerprint density at radius 3 is 2.87 bits per heavy atom. The average Bonchev–Trinajstić information content (AvgIpc) is 3.19. The van der Waals surface area contributed by atoms with Gasteiger partial charge < -0.3 is 5.32 Å². The summed E-state index contributed by atoms with van der Waals surface area (Å²) in [6, 6.07) is 13.8. The van der Waals surface area contributed by atoms with Crippen LogP contribution >= 0.6 is 23.4 Å². The van der Waals surface area contributed by atoms with Crippen molar-refractivity contribution in [3.63, 3.8) is 0 Å². The van der Waals surface area contributed by atoms with Crippen LogP contribution in [0.5, 0.6) is 0 Å². The number of amides is 1. The zero-order valence-corrected chi connectivity index (χ0v) is 17.7. The van der Waals surface area contributed by atoms with E-state index in [0.717, 1.165) is 0 Å². The lowest BCUT2D eigenvalue weighted by atomic mass is 10.2. The maximum absolute atomic E-state index is 12.8. The lowest BCUT2D eigenvalue weighted by molar-refractivity contribution is -0.113. The van der Waals surface area contributed by atoms with E-state index in [0.29, 0.717) is 38.1 Å². The number of nitrogens with zero attached hydrogens (tertiary/aromatic N) is 5. The quantitative estimate of drug-likeness (QED) is 0.356. The van der Waals surface area contributed by atoms with E-state index < -0.39 is 0 Å². The van der Waals surface area contributed by atoms with Crippen LogP contribution in [0.15, 0.2) is 65.1 Å². The Morgan fingerprint density at radius 2 is 2.10 bits per heavy atom. The molecule has 0 aliphatic rings. The van der Waals surface area contributed by atoms with Crippen LogP contribution in [0.25, 0.3) is 16.7 Å². The Kier molecular flexibility index (Phi) is 5.75. The van der Waals surface area contributed by atoms with Crippen molar-refractivity contribution in [3.05, 3.63) is 76.1 Å². The molecule has 0 unspecified atom stereocenters. The van der Waals surface area contributed by atoms with Crippen LogP contribution in [0.4, 0.5) is 5.69 Å². The van der Waals surface area contributed by atoms with Crippen LogP contribution in [0.1, 0.15) is 5.56 Å². The fourth-order valence-corrected chi connectivity index (χ4v) is 4.07. The van der Waals surface area contributed by atoms with E-state index in [-0.39, 0.29) is 23.8 Å². The second-order valence-corrected chi connectivity index (χ2v) is 7.86. The van der Waals surface area contributed by atoms with Gasteiger partial charge in [0, 0.05) is 11.6 Å². The number of thioether (sulfide) groups is 1. The third-order valence-corrected chi connectivity index (χ3v) is 5.66. The fourth-order valence-electron chi connectivity index (χ4n) is 3.15. The number of halogens is 1. The van der Waals surface area contributed by atoms with Gasteiger partial charge in [0.1, 0.15) is 6.07 Å². The summed E-state index contributed by atoms with van der Waals surface area (Å²) in [6.45, 7) is 3.98. The average molecular weight is 451 g/mol. The molecule has 4 rings (SSSR count). The molecule has 0 atom stereocenters. The third-order valence-electron chi connectivity index (χ3n) is 4.50. The van der Waals surface area contributed by atoms with Gasteiger partial charge in [-0.25, -0.2) is 0 Å². The van der Waals surface area contributed by atoms with Crippen LogP contribution < -0.4 is 10.9 Å². The molecule has 0 spiro atoms. The molecule has 10 heteroatoms. The lowest BCUT2D eigenvalue weighted by Crippen LogP contribution is -2.22. The maximum Gasteiger partial charge on any atom is 0.263 e. The molecule has 0 aliphatic heterocycles. The molecule has 0 radical (unpaired) electrons. The number of fused-ring (bicyclic) bond motifs is 3. The molecular weight excluding hydrogens is 436 g/mol. The molecule has 8 nitrogen and oxygen atoms in total. The highest BCUT2D eigenvalue weighted by molar-refractivity contribution is 7.99. The van der Waals surface area contributed by atoms with Crippen LogP contribution in [0.2, 0.25) is 5.02 Å². The molecule has 2 heterocycles. The molecule has 154 valence electrons. The van der Waals surface area contributed by atoms with Gasteiger partial charge in [-0.1, -0.05) is 41.6 Å². The van der Waals surface area contributed by atoms with E-state index in [4.69, 9.17) is 11.6 Å². The van der Waals surface area contributed by atoms with Crippen LogP contribution in [-0.2, 0) is 11.3 Å². The van der Waals surface area contributed by atoms with Gasteiger partial charge in [-0.05, 0) is 30.3 Å². The molecule has 0 aliphatic carbocycles. The molecule has 0 saturated heterocycles. The third kappa shape index (κ3) is 3.91. The second-order valence-electron chi connectivity index (χ2n) is 6.48. The lowest BCUT2D eigenvalue weighted by Gasteiger charge is -2.10. The minimum atomic E-state index is -0.329. The van der Waals surface area contributed by atoms with Gasteiger partial charge in [-0.15, -0.1) is 16.8 Å². The van der Waals surface area contributed by atoms with Crippen molar-refractivity contribution < 1.29 is 4.79 Å². The summed E-state index contributed by atoms with van der Waals surface area (Å²) in [5, 5.41) is 21.6. The van der Waals surface area contributed by atoms with E-state index in [1.54, 1.807) is 40.8 Å². The van der Waals surface area contributed by atoms with Gasteiger partial charge in [-0.2, -0.15) is 5.26 Å². The number of nitrogens with one attached hydrogen (secondary N) is 1. The van der Waals surface area contributed by atoms with Crippen molar-refractivity contribution in [2.24, 2.45) is 0 Å². The number of rotatable bonds is 6. The van der Waals surface area contributed by atoms with Crippen molar-refractivity contribution in [2.75, 3.05) is 11.1 Å². The molecule has 4 aromatic rings. The molecular formula is C21H15ClN6O2S. The van der Waals surface area contributed by atoms with E-state index in [1.807, 2.05) is 12.1 Å². The Bertz CT molecular complexity index is 1440. The summed E-state index contributed by atoms with van der Waals surface area (Å²) < 4.78 is 3.23. The highest BCUT2D eigenvalue weighted by atomic mass is 35.5. The highest BCUT2D eigenvalue weighted by Gasteiger charge is 2.17. The number of para-hydroxylation sites is 1. The Balaban J connectivity index is 1.66. The van der Waals surface area contributed by atoms with Gasteiger partial charge in [-0.3, -0.25) is 18.6 Å². The number of allylic oxidation sites excluding steroid dienone is 1. The van der Waals surface area contributed by atoms with Crippen LogP contribution in [-0.4, -0.2) is 30.8 Å². The van der Waals surface area contributed by atoms with Crippen molar-refractivity contribution >= 4 is 51.6 Å². The summed E-state index contributed by atoms with van der Waals surface area (Å²) in [5.74, 6) is 0.0601. The molecule has 0 bridgehead atoms. The predicted octanol–water partition coefficient (Wildman–Crippen LogP) is 3.49. The molecule has 2 aromatic carbocycles. The zero-order chi connectivity index (χ0) is 22.0. The van der Waals surface area contributed by atoms with Gasteiger partial charge in [0.2, 0.25) is 11.7 Å². The number of aromatic nitrogens is 4. The molecule has 2 aromatic heterocycles. The van der Waals surface area contributed by atoms with Gasteiger partial charge >= 0.3 is 0 Å². The van der Waals surface area contributed by atoms with Crippen molar-refractivity contribution in [2.45, 2.75) is 11.7 Å². The Labute approximate surface area is 185 Å². The first-order valence-corrected chi connectivity index (χ1v) is 10.5. The molecule has 1 N–H and O–H groups in total. The van der Waals surface area contributed by atoms with Gasteiger partial charge in [0.15, 0.2) is 5.16 Å². The molecule has 0 fully saturated rings. The summed E-state index contributed by atoms with van der Waals surface area (Å²) >= 11 is 7.14. The smallest absolute Gasteiger partial charge is 0.263 e. The predicted molar refractivity (Wildman–Crippen MR) is 120 cm³/mol. The standard InChI is InChI=1S/C21H15ClN6O2S/c1-2-9-27-19(30)15-5-3-4-6-17(15)28-20(27)25-26-21(28)31-12-18(29)24-16-10-14(22)8-7-13(16)11-23/h2-8,10H,1,9,12H2,(H,24,29). The van der Waals surface area contributed by atoms with E-state index >= 15 is 0 Å². The first-order chi connectivity index (χ1) is 15.0. The summed E-state index contributed by atoms with van der Waals surface area (Å²) in [6.07, 6.45) is 1.61. The summed E-state index contributed by atoms with van der Waals surface area (Å²) in [7, 11) is 0. The maximum atomic E-state index is 12.8. The van der Waals surface area contributed by atoms with E-state index in [2.05, 4.69) is 22.1 Å². The minimum absolute atomic E-state index is 0.0209. The monoisotopic (exact) mass is 450 g/mol. The van der Waals surface area contributed by atoms with Crippen molar-refractivity contribution in [3.8, 4) is 6.07 Å². The number of hydrogen-bond donors (Lipinski definition) is 1. The molecule has 1 amide bonds. The minimum Gasteiger partial charge on any atom is -0.324 e. The summed E-state index contributed by atoms with van der Waals surface area (Å²) in [5.41, 5.74) is 1.12. The second kappa shape index (κ2) is 8.63. The Morgan fingerprint density at radius 1 is 1.29 bits per heavy atom. The van der Waals surface area contributed by atoms with Crippen LogP contribution in [0, 0.1) is 11.3 Å². The first kappa shape index (κ1) is 20.7. The van der Waals surface area contributed by atoms with E-state index in [9.17, 15) is 14.9 Å². The number of nitriles is 1.